The van der Waals surface area contributed by atoms with E-state index >= 15 is 0 Å². The molecule has 1 aromatic carbocycles. The monoisotopic (exact) mass is 559 g/mol. The molecule has 0 bridgehead atoms. The maximum absolute atomic E-state index is 14.0. The molecule has 1 aliphatic heterocycles. The molecule has 0 saturated carbocycles. The third-order valence-corrected chi connectivity index (χ3v) is 7.42. The van der Waals surface area contributed by atoms with Gasteiger partial charge in [-0.1, -0.05) is 0 Å². The quantitative estimate of drug-likeness (QED) is 0.275. The highest BCUT2D eigenvalue weighted by atomic mass is 32.2. The number of aromatic carboxylic acids is 1. The van der Waals surface area contributed by atoms with Crippen molar-refractivity contribution in [2.45, 2.75) is 39.3 Å². The van der Waals surface area contributed by atoms with Crippen molar-refractivity contribution in [3.8, 4) is 5.75 Å². The number of alkyl halides is 2. The number of sulfonamides is 1. The summed E-state index contributed by atoms with van der Waals surface area (Å²) in [4.78, 5) is 28.5. The second-order valence-electron chi connectivity index (χ2n) is 8.82. The summed E-state index contributed by atoms with van der Waals surface area (Å²) in [7, 11) is -3.70. The maximum atomic E-state index is 14.0. The molecule has 12 nitrogen and oxygen atoms in total. The molecule has 39 heavy (non-hydrogen) atoms. The fourth-order valence-corrected chi connectivity index (χ4v) is 4.93. The highest BCUT2D eigenvalue weighted by Crippen LogP contribution is 2.40. The molecule has 0 fully saturated rings. The fraction of sp³-hybridized carbons (Fsp3) is 0.292. The van der Waals surface area contributed by atoms with Gasteiger partial charge in [0.1, 0.15) is 23.2 Å². The SMILES string of the molecule is CCS(=O)(=O)Nc1nccnc1Cn1c(C(F)F)cc2cnc(Nc3ccc(C(=O)O)c4c3OC(C)C4)nc21. The zero-order valence-corrected chi connectivity index (χ0v) is 21.5. The number of ether oxygens (including phenoxy) is 1. The highest BCUT2D eigenvalue weighted by Gasteiger charge is 2.28. The van der Waals surface area contributed by atoms with E-state index in [1.54, 1.807) is 0 Å². The molecule has 1 unspecified atom stereocenters. The van der Waals surface area contributed by atoms with Crippen LogP contribution in [0, 0.1) is 0 Å². The normalized spacial score (nSPS) is 14.8. The number of nitrogens with one attached hydrogen (secondary N) is 2. The lowest BCUT2D eigenvalue weighted by molar-refractivity contribution is 0.0695. The van der Waals surface area contributed by atoms with E-state index in [9.17, 15) is 27.1 Å². The van der Waals surface area contributed by atoms with Crippen molar-refractivity contribution < 1.29 is 31.8 Å². The number of benzene rings is 1. The minimum atomic E-state index is -3.70. The first-order valence-corrected chi connectivity index (χ1v) is 13.5. The van der Waals surface area contributed by atoms with Gasteiger partial charge in [-0.15, -0.1) is 0 Å². The number of fused-ring (bicyclic) bond motifs is 2. The predicted octanol–water partition coefficient (Wildman–Crippen LogP) is 3.73. The molecule has 0 radical (unpaired) electrons. The van der Waals surface area contributed by atoms with Crippen molar-refractivity contribution in [2.24, 2.45) is 0 Å². The van der Waals surface area contributed by atoms with Crippen molar-refractivity contribution >= 4 is 44.5 Å². The number of carboxylic acids is 1. The van der Waals surface area contributed by atoms with Crippen molar-refractivity contribution in [1.82, 2.24) is 24.5 Å². The number of rotatable bonds is 9. The summed E-state index contributed by atoms with van der Waals surface area (Å²) in [6, 6.07) is 4.23. The largest absolute Gasteiger partial charge is 0.488 e. The molecule has 0 saturated heterocycles. The smallest absolute Gasteiger partial charge is 0.336 e. The molecule has 204 valence electrons. The molecule has 3 aromatic heterocycles. The van der Waals surface area contributed by atoms with Gasteiger partial charge in [-0.25, -0.2) is 32.0 Å². The summed E-state index contributed by atoms with van der Waals surface area (Å²) < 4.78 is 61.7. The van der Waals surface area contributed by atoms with E-state index in [2.05, 4.69) is 30.0 Å². The molecule has 0 spiro atoms. The Labute approximate surface area is 221 Å². The van der Waals surface area contributed by atoms with E-state index in [-0.39, 0.29) is 52.8 Å². The summed E-state index contributed by atoms with van der Waals surface area (Å²) >= 11 is 0. The summed E-state index contributed by atoms with van der Waals surface area (Å²) in [5, 5.41) is 12.8. The number of carboxylic acid groups (broad SMARTS) is 1. The van der Waals surface area contributed by atoms with Crippen LogP contribution in [-0.2, 0) is 23.0 Å². The third kappa shape index (κ3) is 5.16. The van der Waals surface area contributed by atoms with Crippen LogP contribution in [0.25, 0.3) is 11.0 Å². The fourth-order valence-electron chi connectivity index (χ4n) is 4.32. The predicted molar refractivity (Wildman–Crippen MR) is 137 cm³/mol. The Morgan fingerprint density at radius 3 is 2.74 bits per heavy atom. The van der Waals surface area contributed by atoms with Crippen molar-refractivity contribution in [3.05, 3.63) is 59.3 Å². The van der Waals surface area contributed by atoms with E-state index in [1.165, 1.54) is 48.3 Å². The Hall–Kier alpha value is -4.40. The average molecular weight is 560 g/mol. The van der Waals surface area contributed by atoms with E-state index in [0.717, 1.165) is 0 Å². The van der Waals surface area contributed by atoms with Gasteiger partial charge in [-0.2, -0.15) is 4.98 Å². The third-order valence-electron chi connectivity index (χ3n) is 6.15. The van der Waals surface area contributed by atoms with Gasteiger partial charge in [0.25, 0.3) is 6.43 Å². The zero-order valence-electron chi connectivity index (χ0n) is 20.7. The van der Waals surface area contributed by atoms with Crippen LogP contribution in [0.15, 0.2) is 36.8 Å². The lowest BCUT2D eigenvalue weighted by atomic mass is 10.0. The van der Waals surface area contributed by atoms with Gasteiger partial charge in [0, 0.05) is 36.0 Å². The number of anilines is 3. The Bertz CT molecular complexity index is 1690. The van der Waals surface area contributed by atoms with Crippen LogP contribution < -0.4 is 14.8 Å². The Morgan fingerprint density at radius 2 is 2.03 bits per heavy atom. The molecular formula is C24H23F2N7O5S. The van der Waals surface area contributed by atoms with Gasteiger partial charge in [0.15, 0.2) is 5.82 Å². The minimum absolute atomic E-state index is 0.0575. The second kappa shape index (κ2) is 10.1. The summed E-state index contributed by atoms with van der Waals surface area (Å²) in [5.74, 6) is -0.937. The molecule has 4 aromatic rings. The molecule has 4 heterocycles. The topological polar surface area (TPSA) is 161 Å². The first kappa shape index (κ1) is 26.2. The van der Waals surface area contributed by atoms with Crippen molar-refractivity contribution in [1.29, 1.82) is 0 Å². The van der Waals surface area contributed by atoms with Crippen molar-refractivity contribution in [3.63, 3.8) is 0 Å². The average Bonchev–Trinajstić information content (AvgIpc) is 3.45. The van der Waals surface area contributed by atoms with Crippen molar-refractivity contribution in [2.75, 3.05) is 15.8 Å². The minimum Gasteiger partial charge on any atom is -0.488 e. The molecular weight excluding hydrogens is 536 g/mol. The van der Waals surface area contributed by atoms with E-state index in [4.69, 9.17) is 4.74 Å². The van der Waals surface area contributed by atoms with E-state index < -0.39 is 22.4 Å². The van der Waals surface area contributed by atoms with Crippen LogP contribution in [0.5, 0.6) is 5.75 Å². The molecule has 1 aliphatic rings. The summed E-state index contributed by atoms with van der Waals surface area (Å²) in [6.45, 7) is 3.02. The standard InChI is InChI=1S/C24H23F2N7O5S/c1-3-39(36,37)32-21-17(27-6-7-28-21)11-33-18(20(25)26)9-13-10-29-24(31-22(13)33)30-16-5-4-14(23(34)35)15-8-12(2)38-19(15)16/h4-7,9-10,12,20H,3,8,11H2,1-2H3,(H,28,32)(H,34,35)(H,29,30,31). The van der Waals surface area contributed by atoms with Crippen LogP contribution in [0.3, 0.4) is 0 Å². The Morgan fingerprint density at radius 1 is 1.26 bits per heavy atom. The first-order chi connectivity index (χ1) is 18.6. The number of hydrogen-bond acceptors (Lipinski definition) is 9. The lowest BCUT2D eigenvalue weighted by Crippen LogP contribution is -2.18. The maximum Gasteiger partial charge on any atom is 0.336 e. The van der Waals surface area contributed by atoms with Crippen LogP contribution >= 0.6 is 0 Å². The van der Waals surface area contributed by atoms with Gasteiger partial charge in [-0.3, -0.25) is 9.71 Å². The van der Waals surface area contributed by atoms with Gasteiger partial charge in [-0.05, 0) is 32.0 Å². The summed E-state index contributed by atoms with van der Waals surface area (Å²) in [5.41, 5.74) is 0.989. The molecule has 5 rings (SSSR count). The number of hydrogen-bond donors (Lipinski definition) is 3. The van der Waals surface area contributed by atoms with Gasteiger partial charge < -0.3 is 19.7 Å². The second-order valence-corrected chi connectivity index (χ2v) is 10.8. The summed E-state index contributed by atoms with van der Waals surface area (Å²) in [6.07, 6.45) is 1.30. The van der Waals surface area contributed by atoms with Gasteiger partial charge in [0.2, 0.25) is 16.0 Å². The molecule has 0 amide bonds. The number of carbonyl (C=O) groups is 1. The van der Waals surface area contributed by atoms with Crippen LogP contribution in [-0.4, -0.2) is 55.9 Å². The van der Waals surface area contributed by atoms with Gasteiger partial charge >= 0.3 is 5.97 Å². The molecule has 0 aliphatic carbocycles. The Kier molecular flexibility index (Phi) is 6.76. The first-order valence-electron chi connectivity index (χ1n) is 11.8. The van der Waals surface area contributed by atoms with Crippen LogP contribution in [0.1, 0.15) is 47.6 Å². The Balaban J connectivity index is 1.55. The zero-order chi connectivity index (χ0) is 27.9. The number of nitrogens with zero attached hydrogens (tertiary/aromatic N) is 5. The van der Waals surface area contributed by atoms with E-state index in [1.807, 2.05) is 6.92 Å². The van der Waals surface area contributed by atoms with E-state index in [0.29, 0.717) is 28.8 Å². The molecule has 15 heteroatoms. The number of aromatic nitrogens is 5. The highest BCUT2D eigenvalue weighted by molar-refractivity contribution is 7.92. The molecule has 3 N–H and O–H groups in total. The van der Waals surface area contributed by atoms with Crippen LogP contribution in [0.2, 0.25) is 0 Å². The number of halogens is 2. The molecule has 1 atom stereocenters. The van der Waals surface area contributed by atoms with Gasteiger partial charge in [0.05, 0.1) is 29.2 Å². The lowest BCUT2D eigenvalue weighted by Gasteiger charge is -2.14. The van der Waals surface area contributed by atoms with Crippen LogP contribution in [0.4, 0.5) is 26.2 Å².